The lowest BCUT2D eigenvalue weighted by Crippen LogP contribution is -2.33. The molecule has 1 amide bonds. The third-order valence-electron chi connectivity index (χ3n) is 3.54. The third kappa shape index (κ3) is 2.49. The van der Waals surface area contributed by atoms with Gasteiger partial charge in [-0.3, -0.25) is 0 Å². The highest BCUT2D eigenvalue weighted by Gasteiger charge is 2.41. The van der Waals surface area contributed by atoms with Crippen LogP contribution >= 0.6 is 0 Å². The molecule has 2 aromatic carbocycles. The molecule has 0 N–H and O–H groups in total. The van der Waals surface area contributed by atoms with E-state index in [4.69, 9.17) is 9.57 Å². The highest BCUT2D eigenvalue weighted by atomic mass is 16.7. The predicted octanol–water partition coefficient (Wildman–Crippen LogP) is 3.85. The van der Waals surface area contributed by atoms with Gasteiger partial charge in [-0.1, -0.05) is 60.7 Å². The highest BCUT2D eigenvalue weighted by molar-refractivity contribution is 5.68. The molecule has 2 aromatic rings. The minimum absolute atomic E-state index is 0.302. The van der Waals surface area contributed by atoms with Crippen LogP contribution in [-0.2, 0) is 15.2 Å². The van der Waals surface area contributed by atoms with E-state index in [1.807, 2.05) is 66.7 Å². The molecule has 0 bridgehead atoms. The quantitative estimate of drug-likeness (QED) is 0.863. The van der Waals surface area contributed by atoms with Gasteiger partial charge in [0.1, 0.15) is 0 Å². The molecule has 1 aliphatic heterocycles. The van der Waals surface area contributed by atoms with Crippen LogP contribution in [0.2, 0.25) is 0 Å². The summed E-state index contributed by atoms with van der Waals surface area (Å²) in [5.74, 6) is 0. The summed E-state index contributed by atoms with van der Waals surface area (Å²) in [6.45, 7) is 2.07. The number of carbonyl (C=O) groups is 1. The Morgan fingerprint density at radius 3 is 2.09 bits per heavy atom. The Hall–Kier alpha value is -2.59. The number of carbonyl (C=O) groups excluding carboxylic acids is 1. The second-order valence-corrected chi connectivity index (χ2v) is 4.90. The van der Waals surface area contributed by atoms with Crippen molar-refractivity contribution in [3.8, 4) is 0 Å². The first-order valence-electron chi connectivity index (χ1n) is 7.22. The van der Waals surface area contributed by atoms with E-state index in [-0.39, 0.29) is 0 Å². The van der Waals surface area contributed by atoms with Crippen LogP contribution in [0.4, 0.5) is 4.79 Å². The Kier molecular flexibility index (Phi) is 3.94. The maximum absolute atomic E-state index is 11.9. The van der Waals surface area contributed by atoms with Crippen molar-refractivity contribution in [2.45, 2.75) is 12.5 Å². The molecular formula is C18H17NO3. The van der Waals surface area contributed by atoms with Crippen LogP contribution < -0.4 is 0 Å². The predicted molar refractivity (Wildman–Crippen MR) is 82.8 cm³/mol. The standard InChI is InChI=1S/C18H17NO3/c1-2-21-17(20)19-14-13-18(22-19,15-9-5-3-6-10-15)16-11-7-4-8-12-16/h3-14H,2H2,1H3. The first-order valence-corrected chi connectivity index (χ1v) is 7.22. The summed E-state index contributed by atoms with van der Waals surface area (Å²) in [5.41, 5.74) is 1.07. The van der Waals surface area contributed by atoms with Gasteiger partial charge >= 0.3 is 6.09 Å². The Balaban J connectivity index is 2.01. The van der Waals surface area contributed by atoms with Crippen molar-refractivity contribution in [1.29, 1.82) is 0 Å². The van der Waals surface area contributed by atoms with Gasteiger partial charge in [0.05, 0.1) is 6.61 Å². The number of benzene rings is 2. The van der Waals surface area contributed by atoms with E-state index in [1.165, 1.54) is 0 Å². The fourth-order valence-electron chi connectivity index (χ4n) is 2.51. The molecule has 0 unspecified atom stereocenters. The summed E-state index contributed by atoms with van der Waals surface area (Å²) < 4.78 is 5.00. The number of nitrogens with zero attached hydrogens (tertiary/aromatic N) is 1. The van der Waals surface area contributed by atoms with Gasteiger partial charge in [0, 0.05) is 6.20 Å². The van der Waals surface area contributed by atoms with Gasteiger partial charge in [-0.2, -0.15) is 5.06 Å². The smallest absolute Gasteiger partial charge is 0.438 e. The molecule has 0 saturated heterocycles. The molecule has 1 aliphatic rings. The van der Waals surface area contributed by atoms with Crippen LogP contribution in [0.3, 0.4) is 0 Å². The molecule has 0 saturated carbocycles. The average molecular weight is 295 g/mol. The lowest BCUT2D eigenvalue weighted by Gasteiger charge is -2.29. The van der Waals surface area contributed by atoms with E-state index in [2.05, 4.69) is 0 Å². The average Bonchev–Trinajstić information content (AvgIpc) is 3.03. The van der Waals surface area contributed by atoms with Crippen LogP contribution in [0.25, 0.3) is 0 Å². The van der Waals surface area contributed by atoms with Crippen LogP contribution in [0, 0.1) is 0 Å². The maximum Gasteiger partial charge on any atom is 0.438 e. The van der Waals surface area contributed by atoms with E-state index in [1.54, 1.807) is 13.1 Å². The number of hydrogen-bond acceptors (Lipinski definition) is 3. The number of ether oxygens (including phenoxy) is 1. The summed E-state index contributed by atoms with van der Waals surface area (Å²) in [6.07, 6.45) is 2.96. The molecule has 1 heterocycles. The lowest BCUT2D eigenvalue weighted by molar-refractivity contribution is -0.148. The molecule has 4 nitrogen and oxygen atoms in total. The normalized spacial score (nSPS) is 15.8. The third-order valence-corrected chi connectivity index (χ3v) is 3.54. The lowest BCUT2D eigenvalue weighted by atomic mass is 9.86. The zero-order valence-corrected chi connectivity index (χ0v) is 12.3. The van der Waals surface area contributed by atoms with Crippen molar-refractivity contribution < 1.29 is 14.4 Å². The van der Waals surface area contributed by atoms with Crippen LogP contribution in [0.1, 0.15) is 18.1 Å². The molecule has 0 aliphatic carbocycles. The summed E-state index contributed by atoms with van der Waals surface area (Å²) in [5, 5.41) is 1.14. The van der Waals surface area contributed by atoms with Gasteiger partial charge in [-0.15, -0.1) is 0 Å². The summed E-state index contributed by atoms with van der Waals surface area (Å²) >= 11 is 0. The molecule has 0 aromatic heterocycles. The highest BCUT2D eigenvalue weighted by Crippen LogP contribution is 2.39. The fraction of sp³-hybridized carbons (Fsp3) is 0.167. The monoisotopic (exact) mass is 295 g/mol. The van der Waals surface area contributed by atoms with Crippen LogP contribution in [0.15, 0.2) is 72.9 Å². The summed E-state index contributed by atoms with van der Waals surface area (Å²) in [6, 6.07) is 19.6. The maximum atomic E-state index is 11.9. The summed E-state index contributed by atoms with van der Waals surface area (Å²) in [4.78, 5) is 17.9. The second kappa shape index (κ2) is 6.03. The minimum Gasteiger partial charge on any atom is -0.448 e. The van der Waals surface area contributed by atoms with E-state index in [9.17, 15) is 4.79 Å². The van der Waals surface area contributed by atoms with Gasteiger partial charge in [-0.25, -0.2) is 9.63 Å². The molecule has 112 valence electrons. The molecule has 22 heavy (non-hydrogen) atoms. The largest absolute Gasteiger partial charge is 0.448 e. The van der Waals surface area contributed by atoms with Crippen molar-refractivity contribution in [2.24, 2.45) is 0 Å². The van der Waals surface area contributed by atoms with Crippen molar-refractivity contribution in [3.63, 3.8) is 0 Å². The molecular weight excluding hydrogens is 278 g/mol. The van der Waals surface area contributed by atoms with E-state index < -0.39 is 11.7 Å². The van der Waals surface area contributed by atoms with Crippen molar-refractivity contribution in [1.82, 2.24) is 5.06 Å². The Bertz CT molecular complexity index is 628. The molecule has 0 spiro atoms. The van der Waals surface area contributed by atoms with Gasteiger partial charge in [0.2, 0.25) is 0 Å². The molecule has 0 fully saturated rings. The topological polar surface area (TPSA) is 38.8 Å². The zero-order valence-electron chi connectivity index (χ0n) is 12.3. The van der Waals surface area contributed by atoms with Crippen LogP contribution in [-0.4, -0.2) is 17.8 Å². The van der Waals surface area contributed by atoms with Gasteiger partial charge in [0.25, 0.3) is 0 Å². The van der Waals surface area contributed by atoms with Gasteiger partial charge in [0.15, 0.2) is 5.60 Å². The van der Waals surface area contributed by atoms with Crippen molar-refractivity contribution in [2.75, 3.05) is 6.61 Å². The fourth-order valence-corrected chi connectivity index (χ4v) is 2.51. The number of rotatable bonds is 3. The van der Waals surface area contributed by atoms with E-state index in [0.717, 1.165) is 16.2 Å². The SMILES string of the molecule is CCOC(=O)N1C=CC(c2ccccc2)(c2ccccc2)O1. The zero-order chi connectivity index (χ0) is 15.4. The Morgan fingerprint density at radius 1 is 1.05 bits per heavy atom. The Morgan fingerprint density at radius 2 is 1.59 bits per heavy atom. The first kappa shape index (κ1) is 14.4. The first-order chi connectivity index (χ1) is 10.8. The van der Waals surface area contributed by atoms with E-state index >= 15 is 0 Å². The van der Waals surface area contributed by atoms with Crippen LogP contribution in [0.5, 0.6) is 0 Å². The van der Waals surface area contributed by atoms with Gasteiger partial charge in [-0.05, 0) is 24.1 Å². The molecule has 3 rings (SSSR count). The van der Waals surface area contributed by atoms with E-state index in [0.29, 0.717) is 6.61 Å². The summed E-state index contributed by atoms with van der Waals surface area (Å²) in [7, 11) is 0. The molecule has 0 radical (unpaired) electrons. The Labute approximate surface area is 129 Å². The molecule has 0 atom stereocenters. The van der Waals surface area contributed by atoms with Crippen molar-refractivity contribution >= 4 is 6.09 Å². The number of hydrogen-bond donors (Lipinski definition) is 0. The number of hydroxylamine groups is 2. The van der Waals surface area contributed by atoms with Gasteiger partial charge < -0.3 is 4.74 Å². The minimum atomic E-state index is -0.824. The molecule has 4 heteroatoms. The second-order valence-electron chi connectivity index (χ2n) is 4.90. The number of amides is 1. The van der Waals surface area contributed by atoms with Crippen molar-refractivity contribution in [3.05, 3.63) is 84.1 Å².